The van der Waals surface area contributed by atoms with Gasteiger partial charge in [-0.25, -0.2) is 4.99 Å². The summed E-state index contributed by atoms with van der Waals surface area (Å²) >= 11 is 3.49. The van der Waals surface area contributed by atoms with Crippen LogP contribution in [0.4, 0.5) is 0 Å². The first-order chi connectivity index (χ1) is 10.7. The van der Waals surface area contributed by atoms with Gasteiger partial charge in [-0.15, -0.1) is 24.0 Å². The fraction of sp³-hybridized carbons (Fsp3) is 0.533. The van der Waals surface area contributed by atoms with Gasteiger partial charge in [-0.05, 0) is 40.5 Å². The van der Waals surface area contributed by atoms with E-state index in [9.17, 15) is 0 Å². The molecule has 132 valence electrons. The van der Waals surface area contributed by atoms with Crippen molar-refractivity contribution in [3.8, 4) is 11.5 Å². The van der Waals surface area contributed by atoms with E-state index in [2.05, 4.69) is 31.6 Å². The van der Waals surface area contributed by atoms with Crippen LogP contribution in [0, 0.1) is 0 Å². The van der Waals surface area contributed by atoms with Crippen LogP contribution in [0.2, 0.25) is 0 Å². The van der Waals surface area contributed by atoms with E-state index in [-0.39, 0.29) is 24.0 Å². The average molecular weight is 502 g/mol. The first kappa shape index (κ1) is 22.3. The largest absolute Gasteiger partial charge is 0.493 e. The molecule has 0 saturated heterocycles. The van der Waals surface area contributed by atoms with Crippen LogP contribution in [0.5, 0.6) is 11.5 Å². The third kappa shape index (κ3) is 7.58. The van der Waals surface area contributed by atoms with Crippen LogP contribution in [0.1, 0.15) is 12.5 Å². The Bertz CT molecular complexity index is 501. The molecular weight excluding hydrogens is 477 g/mol. The molecule has 0 aromatic heterocycles. The second-order valence-corrected chi connectivity index (χ2v) is 5.28. The summed E-state index contributed by atoms with van der Waals surface area (Å²) in [7, 11) is 4.91. The molecule has 2 N–H and O–H groups in total. The summed E-state index contributed by atoms with van der Waals surface area (Å²) in [6.07, 6.45) is 0. The highest BCUT2D eigenvalue weighted by atomic mass is 127. The molecule has 0 fully saturated rings. The van der Waals surface area contributed by atoms with Gasteiger partial charge in [0.05, 0.1) is 31.8 Å². The lowest BCUT2D eigenvalue weighted by atomic mass is 10.2. The van der Waals surface area contributed by atoms with E-state index in [1.165, 1.54) is 0 Å². The van der Waals surface area contributed by atoms with Crippen molar-refractivity contribution in [1.82, 2.24) is 10.6 Å². The van der Waals surface area contributed by atoms with E-state index >= 15 is 0 Å². The van der Waals surface area contributed by atoms with Gasteiger partial charge in [0.1, 0.15) is 0 Å². The van der Waals surface area contributed by atoms with Gasteiger partial charge in [0.2, 0.25) is 0 Å². The van der Waals surface area contributed by atoms with Gasteiger partial charge in [-0.3, -0.25) is 0 Å². The molecule has 0 aliphatic carbocycles. The molecule has 0 radical (unpaired) electrons. The molecule has 0 saturated carbocycles. The summed E-state index contributed by atoms with van der Waals surface area (Å²) in [5.74, 6) is 2.12. The molecule has 6 nitrogen and oxygen atoms in total. The Labute approximate surface area is 163 Å². The lowest BCUT2D eigenvalue weighted by Crippen LogP contribution is -2.38. The zero-order valence-electron chi connectivity index (χ0n) is 13.9. The van der Waals surface area contributed by atoms with Crippen LogP contribution in [0.15, 0.2) is 21.6 Å². The summed E-state index contributed by atoms with van der Waals surface area (Å²) in [6.45, 7) is 4.69. The number of methoxy groups -OCH3 is 3. The lowest BCUT2D eigenvalue weighted by Gasteiger charge is -2.13. The zero-order chi connectivity index (χ0) is 16.4. The zero-order valence-corrected chi connectivity index (χ0v) is 17.9. The number of halogens is 2. The van der Waals surface area contributed by atoms with Crippen LogP contribution in [-0.4, -0.2) is 47.0 Å². The molecule has 0 unspecified atom stereocenters. The third-order valence-corrected chi connectivity index (χ3v) is 3.44. The van der Waals surface area contributed by atoms with Gasteiger partial charge in [-0.2, -0.15) is 0 Å². The van der Waals surface area contributed by atoms with E-state index in [0.717, 1.165) is 22.5 Å². The molecule has 0 bridgehead atoms. The van der Waals surface area contributed by atoms with Gasteiger partial charge >= 0.3 is 0 Å². The highest BCUT2D eigenvalue weighted by Crippen LogP contribution is 2.36. The summed E-state index contributed by atoms with van der Waals surface area (Å²) in [4.78, 5) is 4.55. The Morgan fingerprint density at radius 3 is 2.48 bits per heavy atom. The van der Waals surface area contributed by atoms with Crippen molar-refractivity contribution < 1.29 is 14.2 Å². The van der Waals surface area contributed by atoms with E-state index in [4.69, 9.17) is 14.2 Å². The minimum Gasteiger partial charge on any atom is -0.493 e. The molecule has 0 amide bonds. The number of hydrogen-bond donors (Lipinski definition) is 2. The molecule has 0 atom stereocenters. The maximum Gasteiger partial charge on any atom is 0.191 e. The monoisotopic (exact) mass is 501 g/mol. The minimum atomic E-state index is 0. The highest BCUT2D eigenvalue weighted by Gasteiger charge is 2.10. The van der Waals surface area contributed by atoms with Crippen LogP contribution in [-0.2, 0) is 11.3 Å². The van der Waals surface area contributed by atoms with E-state index in [1.807, 2.05) is 19.1 Å². The summed E-state index contributed by atoms with van der Waals surface area (Å²) < 4.78 is 16.5. The minimum absolute atomic E-state index is 0. The van der Waals surface area contributed by atoms with Crippen molar-refractivity contribution in [1.29, 1.82) is 0 Å². The molecule has 0 aliphatic rings. The fourth-order valence-corrected chi connectivity index (χ4v) is 2.50. The lowest BCUT2D eigenvalue weighted by molar-refractivity contribution is 0.203. The highest BCUT2D eigenvalue weighted by molar-refractivity contribution is 14.0. The van der Waals surface area contributed by atoms with Crippen molar-refractivity contribution in [2.75, 3.05) is 41.0 Å². The fourth-order valence-electron chi connectivity index (χ4n) is 1.85. The van der Waals surface area contributed by atoms with Crippen LogP contribution < -0.4 is 20.1 Å². The SMILES string of the molecule is CCNC(=NCc1cc(Br)c(OC)c(OC)c1)NCCOC.I. The molecule has 23 heavy (non-hydrogen) atoms. The van der Waals surface area contributed by atoms with Gasteiger partial charge in [-0.1, -0.05) is 0 Å². The number of ether oxygens (including phenoxy) is 3. The standard InChI is InChI=1S/C15H24BrN3O3.HI/c1-5-17-15(18-6-7-20-2)19-10-11-8-12(16)14(22-4)13(9-11)21-3;/h8-9H,5-7,10H2,1-4H3,(H2,17,18,19);1H. The predicted molar refractivity (Wildman–Crippen MR) is 107 cm³/mol. The molecule has 0 aliphatic heterocycles. The predicted octanol–water partition coefficient (Wildman–Crippen LogP) is 2.79. The Kier molecular flexibility index (Phi) is 12.2. The first-order valence-electron chi connectivity index (χ1n) is 7.07. The molecule has 8 heteroatoms. The molecule has 1 aromatic carbocycles. The van der Waals surface area contributed by atoms with Crippen molar-refractivity contribution in [2.24, 2.45) is 4.99 Å². The molecule has 1 rings (SSSR count). The number of benzene rings is 1. The number of aliphatic imine (C=N–C) groups is 1. The molecule has 1 aromatic rings. The molecular formula is C15H25BrIN3O3. The van der Waals surface area contributed by atoms with E-state index in [0.29, 0.717) is 31.2 Å². The number of nitrogens with one attached hydrogen (secondary N) is 2. The van der Waals surface area contributed by atoms with Gasteiger partial charge in [0, 0.05) is 20.2 Å². The van der Waals surface area contributed by atoms with E-state index < -0.39 is 0 Å². The second kappa shape index (κ2) is 12.7. The van der Waals surface area contributed by atoms with Gasteiger partial charge in [0.25, 0.3) is 0 Å². The Balaban J connectivity index is 0.00000484. The third-order valence-electron chi connectivity index (χ3n) is 2.86. The second-order valence-electron chi connectivity index (χ2n) is 4.43. The number of guanidine groups is 1. The normalized spacial score (nSPS) is 10.7. The Morgan fingerprint density at radius 2 is 1.91 bits per heavy atom. The maximum atomic E-state index is 5.34. The summed E-state index contributed by atoms with van der Waals surface area (Å²) in [5.41, 5.74) is 1.02. The molecule has 0 heterocycles. The number of hydrogen-bond acceptors (Lipinski definition) is 4. The summed E-state index contributed by atoms with van der Waals surface area (Å²) in [5, 5.41) is 6.40. The van der Waals surface area contributed by atoms with Crippen LogP contribution >= 0.6 is 39.9 Å². The molecule has 0 spiro atoms. The number of nitrogens with zero attached hydrogens (tertiary/aromatic N) is 1. The number of rotatable bonds is 8. The summed E-state index contributed by atoms with van der Waals surface area (Å²) in [6, 6.07) is 3.90. The van der Waals surface area contributed by atoms with Gasteiger partial charge in [0.15, 0.2) is 17.5 Å². The average Bonchev–Trinajstić information content (AvgIpc) is 2.52. The van der Waals surface area contributed by atoms with Gasteiger partial charge < -0.3 is 24.8 Å². The smallest absolute Gasteiger partial charge is 0.191 e. The van der Waals surface area contributed by atoms with Crippen LogP contribution in [0.25, 0.3) is 0 Å². The van der Waals surface area contributed by atoms with Crippen molar-refractivity contribution in [2.45, 2.75) is 13.5 Å². The van der Waals surface area contributed by atoms with Crippen molar-refractivity contribution in [3.05, 3.63) is 22.2 Å². The topological polar surface area (TPSA) is 64.1 Å². The van der Waals surface area contributed by atoms with E-state index in [1.54, 1.807) is 21.3 Å². The first-order valence-corrected chi connectivity index (χ1v) is 7.87. The van der Waals surface area contributed by atoms with Crippen LogP contribution in [0.3, 0.4) is 0 Å². The maximum absolute atomic E-state index is 5.34. The Hall–Kier alpha value is -0.740. The Morgan fingerprint density at radius 1 is 1.17 bits per heavy atom. The van der Waals surface area contributed by atoms with Crippen molar-refractivity contribution >= 4 is 45.9 Å². The quantitative estimate of drug-likeness (QED) is 0.248. The van der Waals surface area contributed by atoms with Crippen molar-refractivity contribution in [3.63, 3.8) is 0 Å².